The average Bonchev–Trinajstić information content (AvgIpc) is 2.24. The van der Waals surface area contributed by atoms with Gasteiger partial charge < -0.3 is 4.43 Å². The Bertz CT molecular complexity index is 476. The number of halogens is 1. The summed E-state index contributed by atoms with van der Waals surface area (Å²) in [4.78, 5) is 0. The maximum absolute atomic E-state index is 6.82. The minimum Gasteiger partial charge on any atom is -0.408 e. The van der Waals surface area contributed by atoms with Crippen LogP contribution in [0.1, 0.15) is 47.1 Å². The highest BCUT2D eigenvalue weighted by atomic mass is 35.5. The zero-order valence-corrected chi connectivity index (χ0v) is 16.6. The Morgan fingerprint density at radius 2 is 1.71 bits per heavy atom. The molecule has 21 heavy (non-hydrogen) atoms. The first-order valence-corrected chi connectivity index (χ1v) is 11.3. The molecule has 3 heteroatoms. The molecule has 1 nitrogen and oxygen atoms in total. The summed E-state index contributed by atoms with van der Waals surface area (Å²) in [5.41, 5.74) is 0.841. The molecule has 1 unspecified atom stereocenters. The molecule has 0 radical (unpaired) electrons. The Morgan fingerprint density at radius 3 is 2.14 bits per heavy atom. The standard InChI is InChI=1S/C18H31ClOSi/c1-14(2)13-21(7,8)20-18(6,17(3,4)5)15-10-9-11-16(19)12-15/h9-12,14H,13H2,1-8H3. The molecule has 120 valence electrons. The third-order valence-electron chi connectivity index (χ3n) is 4.19. The fourth-order valence-electron chi connectivity index (χ4n) is 3.01. The van der Waals surface area contributed by atoms with Crippen LogP contribution in [0.3, 0.4) is 0 Å². The molecule has 0 amide bonds. The smallest absolute Gasteiger partial charge is 0.188 e. The van der Waals surface area contributed by atoms with Crippen LogP contribution in [0.25, 0.3) is 0 Å². The van der Waals surface area contributed by atoms with Gasteiger partial charge in [-0.05, 0) is 55.1 Å². The third kappa shape index (κ3) is 4.84. The molecule has 1 rings (SSSR count). The predicted octanol–water partition coefficient (Wildman–Crippen LogP) is 6.48. The highest BCUT2D eigenvalue weighted by Gasteiger charge is 2.44. The number of hydrogen-bond donors (Lipinski definition) is 0. The van der Waals surface area contributed by atoms with Crippen LogP contribution in [-0.2, 0) is 10.0 Å². The first kappa shape index (κ1) is 18.7. The van der Waals surface area contributed by atoms with E-state index in [2.05, 4.69) is 60.7 Å². The van der Waals surface area contributed by atoms with Crippen molar-refractivity contribution in [3.8, 4) is 0 Å². The summed E-state index contributed by atoms with van der Waals surface area (Å²) in [7, 11) is -1.75. The van der Waals surface area contributed by atoms with Gasteiger partial charge in [-0.1, -0.05) is 58.4 Å². The lowest BCUT2D eigenvalue weighted by atomic mass is 9.73. The van der Waals surface area contributed by atoms with Gasteiger partial charge >= 0.3 is 0 Å². The molecular formula is C18H31ClOSi. The zero-order chi connectivity index (χ0) is 16.5. The maximum atomic E-state index is 6.82. The summed E-state index contributed by atoms with van der Waals surface area (Å²) in [5, 5.41) is 0.773. The van der Waals surface area contributed by atoms with Crippen LogP contribution < -0.4 is 0 Å². The quantitative estimate of drug-likeness (QED) is 0.563. The molecule has 0 aliphatic rings. The molecular weight excluding hydrogens is 296 g/mol. The summed E-state index contributed by atoms with van der Waals surface area (Å²) in [5.74, 6) is 0.662. The summed E-state index contributed by atoms with van der Waals surface area (Å²) >= 11 is 6.21. The van der Waals surface area contributed by atoms with Gasteiger partial charge in [0.2, 0.25) is 0 Å². The molecule has 1 aromatic rings. The van der Waals surface area contributed by atoms with Crippen LogP contribution in [0, 0.1) is 11.3 Å². The predicted molar refractivity (Wildman–Crippen MR) is 96.5 cm³/mol. The van der Waals surface area contributed by atoms with E-state index >= 15 is 0 Å². The van der Waals surface area contributed by atoms with Gasteiger partial charge in [0.1, 0.15) is 0 Å². The summed E-state index contributed by atoms with van der Waals surface area (Å²) in [6, 6.07) is 9.29. The molecule has 1 atom stereocenters. The van der Waals surface area contributed by atoms with E-state index in [-0.39, 0.29) is 11.0 Å². The van der Waals surface area contributed by atoms with Crippen LogP contribution in [0.5, 0.6) is 0 Å². The van der Waals surface area contributed by atoms with E-state index in [0.29, 0.717) is 5.92 Å². The second kappa shape index (κ2) is 6.43. The number of hydrogen-bond acceptors (Lipinski definition) is 1. The van der Waals surface area contributed by atoms with Gasteiger partial charge in [-0.3, -0.25) is 0 Å². The van der Waals surface area contributed by atoms with Gasteiger partial charge in [0, 0.05) is 5.02 Å². The first-order chi connectivity index (χ1) is 9.37. The van der Waals surface area contributed by atoms with Crippen LogP contribution in [0.4, 0.5) is 0 Å². The van der Waals surface area contributed by atoms with Crippen molar-refractivity contribution < 1.29 is 4.43 Å². The van der Waals surface area contributed by atoms with E-state index in [9.17, 15) is 0 Å². The second-order valence-corrected chi connectivity index (χ2v) is 12.8. The Labute approximate surface area is 137 Å². The molecule has 0 fully saturated rings. The molecule has 0 aliphatic carbocycles. The molecule has 0 spiro atoms. The molecule has 0 bridgehead atoms. The third-order valence-corrected chi connectivity index (χ3v) is 7.18. The Hall–Kier alpha value is -0.313. The normalized spacial score (nSPS) is 16.1. The van der Waals surface area contributed by atoms with Crippen LogP contribution in [-0.4, -0.2) is 8.32 Å². The lowest BCUT2D eigenvalue weighted by Gasteiger charge is -2.47. The summed E-state index contributed by atoms with van der Waals surface area (Å²) in [6.07, 6.45) is 0. The van der Waals surface area contributed by atoms with Crippen molar-refractivity contribution in [1.82, 2.24) is 0 Å². The van der Waals surface area contributed by atoms with Crippen LogP contribution in [0.2, 0.25) is 24.2 Å². The molecule has 0 saturated carbocycles. The van der Waals surface area contributed by atoms with Crippen molar-refractivity contribution in [3.63, 3.8) is 0 Å². The first-order valence-electron chi connectivity index (χ1n) is 7.84. The van der Waals surface area contributed by atoms with E-state index in [1.165, 1.54) is 11.6 Å². The topological polar surface area (TPSA) is 9.23 Å². The molecule has 0 aromatic heterocycles. The van der Waals surface area contributed by atoms with E-state index in [1.807, 2.05) is 18.2 Å². The Balaban J connectivity index is 3.23. The Kier molecular flexibility index (Phi) is 5.74. The van der Waals surface area contributed by atoms with Gasteiger partial charge in [0.15, 0.2) is 8.32 Å². The van der Waals surface area contributed by atoms with Gasteiger partial charge in [0.25, 0.3) is 0 Å². The van der Waals surface area contributed by atoms with Crippen molar-refractivity contribution in [2.75, 3.05) is 0 Å². The minimum absolute atomic E-state index is 0.00106. The van der Waals surface area contributed by atoms with Crippen LogP contribution >= 0.6 is 11.6 Å². The zero-order valence-electron chi connectivity index (χ0n) is 14.9. The minimum atomic E-state index is -1.75. The number of benzene rings is 1. The van der Waals surface area contributed by atoms with E-state index in [1.54, 1.807) is 0 Å². The fourth-order valence-corrected chi connectivity index (χ4v) is 6.78. The maximum Gasteiger partial charge on any atom is 0.188 e. The van der Waals surface area contributed by atoms with Crippen molar-refractivity contribution in [2.24, 2.45) is 11.3 Å². The molecule has 0 heterocycles. The molecule has 1 aromatic carbocycles. The monoisotopic (exact) mass is 326 g/mol. The summed E-state index contributed by atoms with van der Waals surface area (Å²) in [6.45, 7) is 18.1. The highest BCUT2D eigenvalue weighted by Crippen LogP contribution is 2.45. The lowest BCUT2D eigenvalue weighted by Crippen LogP contribution is -2.48. The van der Waals surface area contributed by atoms with Gasteiger partial charge in [0.05, 0.1) is 5.60 Å². The van der Waals surface area contributed by atoms with Crippen molar-refractivity contribution in [3.05, 3.63) is 34.9 Å². The summed E-state index contributed by atoms with van der Waals surface area (Å²) < 4.78 is 6.82. The molecule has 0 saturated heterocycles. The number of rotatable bonds is 5. The van der Waals surface area contributed by atoms with E-state index in [4.69, 9.17) is 16.0 Å². The van der Waals surface area contributed by atoms with Gasteiger partial charge in [-0.15, -0.1) is 0 Å². The lowest BCUT2D eigenvalue weighted by molar-refractivity contribution is -0.0308. The Morgan fingerprint density at radius 1 is 1.14 bits per heavy atom. The average molecular weight is 327 g/mol. The molecule has 0 aliphatic heterocycles. The largest absolute Gasteiger partial charge is 0.408 e. The second-order valence-electron chi connectivity index (χ2n) is 8.25. The van der Waals surface area contributed by atoms with Crippen LogP contribution in [0.15, 0.2) is 24.3 Å². The van der Waals surface area contributed by atoms with Gasteiger partial charge in [-0.2, -0.15) is 0 Å². The highest BCUT2D eigenvalue weighted by molar-refractivity contribution is 6.71. The van der Waals surface area contributed by atoms with Crippen molar-refractivity contribution in [1.29, 1.82) is 0 Å². The van der Waals surface area contributed by atoms with E-state index < -0.39 is 8.32 Å². The van der Waals surface area contributed by atoms with Crippen molar-refractivity contribution in [2.45, 2.75) is 66.3 Å². The SMILES string of the molecule is CC(C)C[Si](C)(C)OC(C)(c1cccc(Cl)c1)C(C)(C)C. The molecule has 0 N–H and O–H groups in total. The van der Waals surface area contributed by atoms with Crippen molar-refractivity contribution >= 4 is 19.9 Å². The van der Waals surface area contributed by atoms with E-state index in [0.717, 1.165) is 5.02 Å². The van der Waals surface area contributed by atoms with Gasteiger partial charge in [-0.25, -0.2) is 0 Å². The fraction of sp³-hybridized carbons (Fsp3) is 0.667.